The molecule has 8 heteroatoms. The van der Waals surface area contributed by atoms with Gasteiger partial charge in [0.2, 0.25) is 0 Å². The Morgan fingerprint density at radius 1 is 1.20 bits per heavy atom. The van der Waals surface area contributed by atoms with Crippen LogP contribution in [0.4, 0.5) is 10.1 Å². The maximum Gasteiger partial charge on any atom is 0.327 e. The minimum Gasteiger partial charge on any atom is -0.462 e. The van der Waals surface area contributed by atoms with Crippen LogP contribution in [0.3, 0.4) is 0 Å². The normalized spacial score (nSPS) is 11.4. The molecule has 0 N–H and O–H groups in total. The summed E-state index contributed by atoms with van der Waals surface area (Å²) in [6.45, 7) is 2.89. The van der Waals surface area contributed by atoms with Crippen molar-refractivity contribution in [1.29, 1.82) is 0 Å². The van der Waals surface area contributed by atoms with Crippen LogP contribution in [0.25, 0.3) is 0 Å². The molecule has 0 saturated heterocycles. The Bertz CT molecular complexity index is 853. The second-order valence-corrected chi connectivity index (χ2v) is 8.59. The molecule has 0 unspecified atom stereocenters. The smallest absolute Gasteiger partial charge is 0.327 e. The number of hydrogen-bond donors (Lipinski definition) is 0. The standard InChI is InChI=1S/C17H17FINO4S/c1-12(2)24-17(21)11-20(15-5-3-4-14(19)10-15)25(22,23)16-8-6-13(18)7-9-16/h3-10,12H,11H2,1-2H3. The Balaban J connectivity index is 2.46. The highest BCUT2D eigenvalue weighted by Gasteiger charge is 2.28. The number of ether oxygens (including phenoxy) is 1. The van der Waals surface area contributed by atoms with Gasteiger partial charge < -0.3 is 4.74 Å². The van der Waals surface area contributed by atoms with Crippen molar-refractivity contribution in [2.24, 2.45) is 0 Å². The fourth-order valence-corrected chi connectivity index (χ4v) is 4.03. The van der Waals surface area contributed by atoms with Gasteiger partial charge in [-0.3, -0.25) is 9.10 Å². The van der Waals surface area contributed by atoms with Gasteiger partial charge in [-0.25, -0.2) is 12.8 Å². The molecule has 0 aliphatic rings. The van der Waals surface area contributed by atoms with Crippen LogP contribution in [-0.2, 0) is 19.6 Å². The average molecular weight is 477 g/mol. The number of esters is 1. The number of anilines is 1. The molecular formula is C17H17FINO4S. The van der Waals surface area contributed by atoms with Gasteiger partial charge in [-0.2, -0.15) is 0 Å². The third kappa shape index (κ3) is 5.15. The first-order chi connectivity index (χ1) is 11.7. The first kappa shape index (κ1) is 19.6. The fraction of sp³-hybridized carbons (Fsp3) is 0.235. The van der Waals surface area contributed by atoms with Crippen LogP contribution in [0, 0.1) is 9.39 Å². The zero-order valence-electron chi connectivity index (χ0n) is 13.6. The molecule has 5 nitrogen and oxygen atoms in total. The maximum atomic E-state index is 13.1. The van der Waals surface area contributed by atoms with Gasteiger partial charge in [0, 0.05) is 3.57 Å². The van der Waals surface area contributed by atoms with Crippen molar-refractivity contribution in [3.05, 3.63) is 57.9 Å². The van der Waals surface area contributed by atoms with E-state index in [1.807, 2.05) is 0 Å². The molecule has 0 aliphatic carbocycles. The van der Waals surface area contributed by atoms with Crippen molar-refractivity contribution < 1.29 is 22.3 Å². The van der Waals surface area contributed by atoms with E-state index >= 15 is 0 Å². The molecule has 0 aromatic heterocycles. The van der Waals surface area contributed by atoms with Gasteiger partial charge in [-0.05, 0) is 78.9 Å². The van der Waals surface area contributed by atoms with Gasteiger partial charge >= 0.3 is 5.97 Å². The van der Waals surface area contributed by atoms with Gasteiger partial charge in [-0.15, -0.1) is 0 Å². The number of nitrogens with zero attached hydrogens (tertiary/aromatic N) is 1. The molecule has 2 aromatic rings. The Morgan fingerprint density at radius 2 is 1.84 bits per heavy atom. The van der Waals surface area contributed by atoms with Crippen LogP contribution in [0.15, 0.2) is 53.4 Å². The molecule has 0 atom stereocenters. The lowest BCUT2D eigenvalue weighted by Crippen LogP contribution is -2.37. The molecule has 134 valence electrons. The molecule has 25 heavy (non-hydrogen) atoms. The molecule has 0 aliphatic heterocycles. The molecule has 0 radical (unpaired) electrons. The number of carbonyl (C=O) groups excluding carboxylic acids is 1. The van der Waals surface area contributed by atoms with Crippen molar-refractivity contribution in [2.45, 2.75) is 24.8 Å². The number of benzene rings is 2. The third-order valence-electron chi connectivity index (χ3n) is 3.14. The number of rotatable bonds is 6. The lowest BCUT2D eigenvalue weighted by molar-refractivity contribution is -0.145. The van der Waals surface area contributed by atoms with Crippen molar-refractivity contribution in [3.63, 3.8) is 0 Å². The second kappa shape index (κ2) is 8.13. The summed E-state index contributed by atoms with van der Waals surface area (Å²) >= 11 is 2.05. The Morgan fingerprint density at radius 3 is 2.40 bits per heavy atom. The van der Waals surface area contributed by atoms with Crippen LogP contribution in [0.5, 0.6) is 0 Å². The Hall–Kier alpha value is -1.68. The van der Waals surface area contributed by atoms with Gasteiger partial charge in [0.1, 0.15) is 12.4 Å². The summed E-state index contributed by atoms with van der Waals surface area (Å²) in [6.07, 6.45) is -0.362. The first-order valence-electron chi connectivity index (χ1n) is 7.43. The van der Waals surface area contributed by atoms with E-state index in [1.165, 1.54) is 12.1 Å². The summed E-state index contributed by atoms with van der Waals surface area (Å²) in [5, 5.41) is 0. The van der Waals surface area contributed by atoms with E-state index in [9.17, 15) is 17.6 Å². The van der Waals surface area contributed by atoms with Gasteiger partial charge in [-0.1, -0.05) is 6.07 Å². The fourth-order valence-electron chi connectivity index (χ4n) is 2.10. The SMILES string of the molecule is CC(C)OC(=O)CN(c1cccc(I)c1)S(=O)(=O)c1ccc(F)cc1. The molecule has 0 spiro atoms. The van der Waals surface area contributed by atoms with Crippen LogP contribution < -0.4 is 4.31 Å². The Labute approximate surface area is 160 Å². The predicted octanol–water partition coefficient (Wildman–Crippen LogP) is 3.58. The van der Waals surface area contributed by atoms with E-state index in [-0.39, 0.29) is 11.0 Å². The summed E-state index contributed by atoms with van der Waals surface area (Å²) in [4.78, 5) is 12.0. The van der Waals surface area contributed by atoms with E-state index in [2.05, 4.69) is 22.6 Å². The molecule has 0 heterocycles. The van der Waals surface area contributed by atoms with E-state index in [4.69, 9.17) is 4.74 Å². The topological polar surface area (TPSA) is 63.7 Å². The van der Waals surface area contributed by atoms with E-state index in [1.54, 1.807) is 38.1 Å². The van der Waals surface area contributed by atoms with Crippen molar-refractivity contribution in [1.82, 2.24) is 0 Å². The summed E-state index contributed by atoms with van der Waals surface area (Å²) < 4.78 is 45.9. The monoisotopic (exact) mass is 477 g/mol. The van der Waals surface area contributed by atoms with Gasteiger partial charge in [0.25, 0.3) is 10.0 Å². The highest BCUT2D eigenvalue weighted by atomic mass is 127. The molecule has 2 aromatic carbocycles. The maximum absolute atomic E-state index is 13.1. The number of halogens is 2. The molecule has 0 saturated carbocycles. The van der Waals surface area contributed by atoms with Crippen LogP contribution in [0.2, 0.25) is 0 Å². The molecule has 2 rings (SSSR count). The quantitative estimate of drug-likeness (QED) is 0.472. The zero-order valence-corrected chi connectivity index (χ0v) is 16.6. The van der Waals surface area contributed by atoms with Gasteiger partial charge in [0.05, 0.1) is 16.7 Å². The molecule has 0 amide bonds. The van der Waals surface area contributed by atoms with Crippen molar-refractivity contribution >= 4 is 44.3 Å². The summed E-state index contributed by atoms with van der Waals surface area (Å²) in [6, 6.07) is 11.2. The minimum atomic E-state index is -4.06. The lowest BCUT2D eigenvalue weighted by Gasteiger charge is -2.24. The zero-order chi connectivity index (χ0) is 18.6. The lowest BCUT2D eigenvalue weighted by atomic mass is 10.3. The van der Waals surface area contributed by atoms with Crippen LogP contribution in [0.1, 0.15) is 13.8 Å². The number of sulfonamides is 1. The van der Waals surface area contributed by atoms with Crippen molar-refractivity contribution in [3.8, 4) is 0 Å². The number of carbonyl (C=O) groups is 1. The van der Waals surface area contributed by atoms with Crippen LogP contribution >= 0.6 is 22.6 Å². The summed E-state index contributed by atoms with van der Waals surface area (Å²) in [5.41, 5.74) is 0.330. The third-order valence-corrected chi connectivity index (χ3v) is 5.60. The first-order valence-corrected chi connectivity index (χ1v) is 9.95. The van der Waals surface area contributed by atoms with Gasteiger partial charge in [0.15, 0.2) is 0 Å². The molecule has 0 bridgehead atoms. The Kier molecular flexibility index (Phi) is 6.39. The largest absolute Gasteiger partial charge is 0.462 e. The molecule has 0 fully saturated rings. The predicted molar refractivity (Wildman–Crippen MR) is 101 cm³/mol. The van der Waals surface area contributed by atoms with E-state index in [0.717, 1.165) is 20.0 Å². The van der Waals surface area contributed by atoms with Crippen molar-refractivity contribution in [2.75, 3.05) is 10.8 Å². The number of hydrogen-bond acceptors (Lipinski definition) is 4. The molecular weight excluding hydrogens is 460 g/mol. The average Bonchev–Trinajstić information content (AvgIpc) is 2.52. The highest BCUT2D eigenvalue weighted by molar-refractivity contribution is 14.1. The van der Waals surface area contributed by atoms with Crippen LogP contribution in [-0.4, -0.2) is 27.0 Å². The highest BCUT2D eigenvalue weighted by Crippen LogP contribution is 2.25. The second-order valence-electron chi connectivity index (χ2n) is 5.48. The van der Waals surface area contributed by atoms with E-state index in [0.29, 0.717) is 5.69 Å². The summed E-state index contributed by atoms with van der Waals surface area (Å²) in [5.74, 6) is -1.21. The summed E-state index contributed by atoms with van der Waals surface area (Å²) in [7, 11) is -4.06. The van der Waals surface area contributed by atoms with E-state index < -0.39 is 28.4 Å². The minimum absolute atomic E-state index is 0.106.